The molecule has 4 saturated heterocycles. The summed E-state index contributed by atoms with van der Waals surface area (Å²) in [6, 6.07) is 14.4. The van der Waals surface area contributed by atoms with Gasteiger partial charge in [0.15, 0.2) is 0 Å². The Bertz CT molecular complexity index is 1870. The van der Waals surface area contributed by atoms with Crippen molar-refractivity contribution in [3.05, 3.63) is 81.3 Å². The maximum absolute atomic E-state index is 13.6. The van der Waals surface area contributed by atoms with Crippen molar-refractivity contribution in [2.24, 2.45) is 12.5 Å². The second-order valence-corrected chi connectivity index (χ2v) is 15.4. The normalized spacial score (nSPS) is 23.7. The number of carbonyl (C=O) groups excluding carboxylic acids is 3. The molecule has 2 aromatic carbocycles. The quantitative estimate of drug-likeness (QED) is 0.350. The number of carbonyl (C=O) groups is 3. The molecule has 1 spiro atoms. The summed E-state index contributed by atoms with van der Waals surface area (Å²) in [5.41, 5.74) is 5.48. The molecule has 0 saturated carbocycles. The van der Waals surface area contributed by atoms with Crippen molar-refractivity contribution in [2.45, 2.75) is 69.7 Å². The van der Waals surface area contributed by atoms with Crippen molar-refractivity contribution in [3.8, 4) is 5.75 Å². The maximum atomic E-state index is 13.6. The molecule has 2 N–H and O–H groups in total. The molecule has 7 rings (SSSR count). The summed E-state index contributed by atoms with van der Waals surface area (Å²) in [6.07, 6.45) is 7.65. The molecule has 4 aliphatic heterocycles. The first kappa shape index (κ1) is 35.7. The summed E-state index contributed by atoms with van der Waals surface area (Å²) in [7, 11) is 5.46. The monoisotopic (exact) mass is 709 g/mol. The Morgan fingerprint density at radius 2 is 1.63 bits per heavy atom. The zero-order valence-electron chi connectivity index (χ0n) is 30.8. The van der Waals surface area contributed by atoms with Crippen LogP contribution in [0.5, 0.6) is 5.75 Å². The number of nitrogens with zero attached hydrogens (tertiary/aromatic N) is 5. The number of piperidine rings is 4. The Morgan fingerprint density at radius 3 is 2.33 bits per heavy atom. The number of ether oxygens (including phenoxy) is 1. The first-order chi connectivity index (χ1) is 25.0. The highest BCUT2D eigenvalue weighted by Gasteiger charge is 2.39. The van der Waals surface area contributed by atoms with Gasteiger partial charge in [0.05, 0.1) is 30.6 Å². The number of likely N-dealkylation sites (N-methyl/N-ethyl adjacent to an activating group) is 1. The van der Waals surface area contributed by atoms with Crippen LogP contribution in [-0.4, -0.2) is 96.8 Å². The van der Waals surface area contributed by atoms with Gasteiger partial charge in [-0.25, -0.2) is 4.68 Å². The molecule has 52 heavy (non-hydrogen) atoms. The molecule has 1 aromatic heterocycles. The van der Waals surface area contributed by atoms with E-state index in [2.05, 4.69) is 50.8 Å². The van der Waals surface area contributed by atoms with Crippen LogP contribution in [0.2, 0.25) is 0 Å². The maximum Gasteiger partial charge on any atom is 0.271 e. The fraction of sp³-hybridized carbons (Fsp3) is 0.525. The number of rotatable bonds is 7. The molecule has 3 atom stereocenters. The Morgan fingerprint density at radius 1 is 0.942 bits per heavy atom. The number of hydrogen-bond acceptors (Lipinski definition) is 9. The van der Waals surface area contributed by atoms with Crippen LogP contribution in [0.25, 0.3) is 0 Å². The number of likely N-dealkylation sites (tertiary alicyclic amines) is 2. The average molecular weight is 710 g/mol. The zero-order valence-corrected chi connectivity index (χ0v) is 30.8. The third kappa shape index (κ3) is 7.30. The molecule has 0 aliphatic carbocycles. The molecule has 12 heteroatoms. The highest BCUT2D eigenvalue weighted by atomic mass is 16.5. The number of benzene rings is 2. The van der Waals surface area contributed by atoms with Gasteiger partial charge in [-0.3, -0.25) is 24.5 Å². The Hall–Kier alpha value is -4.71. The SMILES string of the molecule is COc1cc(C2CCC(=O)NC2=O)ccc1N1CCC2(CCN(C(=O)c3ccc(C4CC(Nc5cnn(C)c(=O)c5C)CN(C)C4)cc3)CC2)CC1. The minimum absolute atomic E-state index is 0.0889. The first-order valence-electron chi connectivity index (χ1n) is 18.7. The van der Waals surface area contributed by atoms with Crippen molar-refractivity contribution in [1.29, 1.82) is 0 Å². The van der Waals surface area contributed by atoms with Crippen LogP contribution in [0.15, 0.2) is 53.5 Å². The molecular formula is C40H51N7O5. The van der Waals surface area contributed by atoms with Crippen molar-refractivity contribution >= 4 is 29.1 Å². The standard InChI is InChI=1S/C40H51N7O5/c1-26-33(23-41-45(3)38(26)50)42-31-21-30(24-44(2)25-31)27-5-7-28(8-6-27)39(51)47-19-15-40(16-20-47)13-17-46(18-14-40)34-11-9-29(22-35(34)52-4)32-10-12-36(48)43-37(32)49/h5-9,11,22-23,30-32,42H,10,12-21,24-25H2,1-4H3,(H,43,48,49). The van der Waals surface area contributed by atoms with Gasteiger partial charge in [0, 0.05) is 69.9 Å². The van der Waals surface area contributed by atoms with E-state index in [9.17, 15) is 19.2 Å². The van der Waals surface area contributed by atoms with Crippen LogP contribution in [-0.2, 0) is 16.6 Å². The summed E-state index contributed by atoms with van der Waals surface area (Å²) in [6.45, 7) is 7.01. The van der Waals surface area contributed by atoms with Crippen LogP contribution in [0.4, 0.5) is 11.4 Å². The molecule has 276 valence electrons. The Labute approximate surface area is 305 Å². The van der Waals surface area contributed by atoms with Gasteiger partial charge in [-0.2, -0.15) is 5.10 Å². The number of aromatic nitrogens is 2. The van der Waals surface area contributed by atoms with Crippen LogP contribution in [0, 0.1) is 12.3 Å². The average Bonchev–Trinajstić information content (AvgIpc) is 3.15. The summed E-state index contributed by atoms with van der Waals surface area (Å²) in [4.78, 5) is 56.8. The number of hydrogen-bond donors (Lipinski definition) is 2. The number of amides is 3. The van der Waals surface area contributed by atoms with E-state index in [1.165, 1.54) is 10.2 Å². The highest BCUT2D eigenvalue weighted by Crippen LogP contribution is 2.44. The minimum Gasteiger partial charge on any atom is -0.495 e. The van der Waals surface area contributed by atoms with Crippen LogP contribution >= 0.6 is 0 Å². The highest BCUT2D eigenvalue weighted by molar-refractivity contribution is 6.01. The number of anilines is 2. The third-order valence-electron chi connectivity index (χ3n) is 12.1. The third-order valence-corrected chi connectivity index (χ3v) is 12.1. The second-order valence-electron chi connectivity index (χ2n) is 15.4. The van der Waals surface area contributed by atoms with Crippen molar-refractivity contribution in [2.75, 3.05) is 63.6 Å². The van der Waals surface area contributed by atoms with Gasteiger partial charge in [0.2, 0.25) is 11.8 Å². The van der Waals surface area contributed by atoms with E-state index in [0.29, 0.717) is 24.3 Å². The summed E-state index contributed by atoms with van der Waals surface area (Å²) < 4.78 is 7.15. The van der Waals surface area contributed by atoms with Crippen LogP contribution in [0.3, 0.4) is 0 Å². The van der Waals surface area contributed by atoms with Crippen molar-refractivity contribution in [1.82, 2.24) is 24.9 Å². The lowest BCUT2D eigenvalue weighted by Crippen LogP contribution is -2.48. The van der Waals surface area contributed by atoms with E-state index in [1.807, 2.05) is 36.1 Å². The number of methoxy groups -OCH3 is 1. The fourth-order valence-electron chi connectivity index (χ4n) is 8.85. The fourth-order valence-corrected chi connectivity index (χ4v) is 8.85. The summed E-state index contributed by atoms with van der Waals surface area (Å²) >= 11 is 0. The van der Waals surface area contributed by atoms with Gasteiger partial charge in [0.25, 0.3) is 11.5 Å². The largest absolute Gasteiger partial charge is 0.495 e. The summed E-state index contributed by atoms with van der Waals surface area (Å²) in [5.74, 6) is 0.378. The Kier molecular flexibility index (Phi) is 10.1. The molecule has 5 heterocycles. The van der Waals surface area contributed by atoms with Gasteiger partial charge >= 0.3 is 0 Å². The zero-order chi connectivity index (χ0) is 36.6. The van der Waals surface area contributed by atoms with Gasteiger partial charge in [0.1, 0.15) is 5.75 Å². The molecular weight excluding hydrogens is 658 g/mol. The molecule has 0 radical (unpaired) electrons. The molecule has 4 aliphatic rings. The predicted octanol–water partition coefficient (Wildman–Crippen LogP) is 4.04. The molecule has 3 unspecified atom stereocenters. The minimum atomic E-state index is -0.340. The van der Waals surface area contributed by atoms with E-state index >= 15 is 0 Å². The van der Waals surface area contributed by atoms with E-state index in [1.54, 1.807) is 20.4 Å². The van der Waals surface area contributed by atoms with E-state index in [0.717, 1.165) is 99.6 Å². The van der Waals surface area contributed by atoms with Gasteiger partial charge in [-0.15, -0.1) is 0 Å². The summed E-state index contributed by atoms with van der Waals surface area (Å²) in [5, 5.41) is 10.2. The smallest absolute Gasteiger partial charge is 0.271 e. The van der Waals surface area contributed by atoms with Gasteiger partial charge < -0.3 is 24.8 Å². The lowest BCUT2D eigenvalue weighted by Gasteiger charge is -2.47. The van der Waals surface area contributed by atoms with E-state index in [4.69, 9.17) is 4.74 Å². The Balaban J connectivity index is 0.921. The van der Waals surface area contributed by atoms with Gasteiger partial charge in [-0.1, -0.05) is 18.2 Å². The van der Waals surface area contributed by atoms with E-state index in [-0.39, 0.29) is 40.7 Å². The van der Waals surface area contributed by atoms with Crippen LogP contribution < -0.4 is 25.8 Å². The topological polar surface area (TPSA) is 129 Å². The van der Waals surface area contributed by atoms with Crippen molar-refractivity contribution < 1.29 is 19.1 Å². The first-order valence-corrected chi connectivity index (χ1v) is 18.7. The van der Waals surface area contributed by atoms with Crippen LogP contribution in [0.1, 0.15) is 83.8 Å². The van der Waals surface area contributed by atoms with Gasteiger partial charge in [-0.05, 0) is 99.2 Å². The molecule has 4 fully saturated rings. The molecule has 12 nitrogen and oxygen atoms in total. The van der Waals surface area contributed by atoms with E-state index < -0.39 is 0 Å². The lowest BCUT2D eigenvalue weighted by molar-refractivity contribution is -0.134. The lowest BCUT2D eigenvalue weighted by atomic mass is 9.71. The second kappa shape index (κ2) is 14.7. The number of imide groups is 1. The molecule has 3 amide bonds. The number of aryl methyl sites for hydroxylation is 1. The molecule has 0 bridgehead atoms. The molecule has 3 aromatic rings. The number of nitrogens with one attached hydrogen (secondary N) is 2. The van der Waals surface area contributed by atoms with Crippen molar-refractivity contribution in [3.63, 3.8) is 0 Å². The predicted molar refractivity (Wildman–Crippen MR) is 200 cm³/mol.